The Hall–Kier alpha value is -2.96. The van der Waals surface area contributed by atoms with E-state index < -0.39 is 0 Å². The normalized spacial score (nSPS) is 13.9. The Balaban J connectivity index is 1.49. The van der Waals surface area contributed by atoms with Gasteiger partial charge in [-0.05, 0) is 42.5 Å². The van der Waals surface area contributed by atoms with Crippen LogP contribution >= 0.6 is 23.2 Å². The van der Waals surface area contributed by atoms with E-state index in [2.05, 4.69) is 10.2 Å². The smallest absolute Gasteiger partial charge is 0.291 e. The second-order valence-corrected chi connectivity index (χ2v) is 8.07. The van der Waals surface area contributed by atoms with Crippen molar-refractivity contribution in [3.63, 3.8) is 0 Å². The Kier molecular flexibility index (Phi) is 6.20. The second-order valence-electron chi connectivity index (χ2n) is 7.26. The molecular weight excluding hydrogens is 437 g/mol. The Bertz CT molecular complexity index is 1120. The van der Waals surface area contributed by atoms with E-state index >= 15 is 0 Å². The molecule has 0 aliphatic carbocycles. The van der Waals surface area contributed by atoms with Crippen LogP contribution < -0.4 is 10.2 Å². The third-order valence-corrected chi connectivity index (χ3v) is 5.99. The first-order chi connectivity index (χ1) is 14.9. The fourth-order valence-electron chi connectivity index (χ4n) is 3.57. The molecule has 3 aromatic rings. The number of carbonyl (C=O) groups is 2. The van der Waals surface area contributed by atoms with Crippen molar-refractivity contribution in [1.82, 2.24) is 4.90 Å². The summed E-state index contributed by atoms with van der Waals surface area (Å²) in [6.07, 6.45) is 0. The van der Waals surface area contributed by atoms with Crippen LogP contribution in [0.3, 0.4) is 0 Å². The number of nitrogens with one attached hydrogen (secondary N) is 1. The number of amides is 2. The number of para-hydroxylation sites is 2. The summed E-state index contributed by atoms with van der Waals surface area (Å²) >= 11 is 12.0. The van der Waals surface area contributed by atoms with Crippen LogP contribution in [0.4, 0.5) is 11.4 Å². The monoisotopic (exact) mass is 457 g/mol. The highest BCUT2D eigenvalue weighted by molar-refractivity contribution is 6.42. The van der Waals surface area contributed by atoms with E-state index in [-0.39, 0.29) is 17.6 Å². The first kappa shape index (κ1) is 21.3. The standard InChI is InChI=1S/C23H21Cl2N3O3/c1-15(29)27-10-12-28(13-11-27)20-5-3-2-4-19(20)26-23(30)22-9-8-21(31-22)16-6-7-17(24)18(25)14-16/h2-9,14H,10-13H2,1H3,(H,26,30). The fraction of sp³-hybridized carbons (Fsp3) is 0.217. The number of nitrogens with zero attached hydrogens (tertiary/aromatic N) is 2. The molecule has 2 aromatic carbocycles. The maximum atomic E-state index is 12.8. The number of carbonyl (C=O) groups excluding carboxylic acids is 2. The lowest BCUT2D eigenvalue weighted by atomic mass is 10.2. The van der Waals surface area contributed by atoms with Gasteiger partial charge in [-0.25, -0.2) is 0 Å². The van der Waals surface area contributed by atoms with Gasteiger partial charge in [0.25, 0.3) is 5.91 Å². The van der Waals surface area contributed by atoms with Crippen LogP contribution in [-0.2, 0) is 4.79 Å². The number of benzene rings is 2. The average Bonchev–Trinajstić information content (AvgIpc) is 3.27. The van der Waals surface area contributed by atoms with Gasteiger partial charge in [-0.15, -0.1) is 0 Å². The molecule has 6 nitrogen and oxygen atoms in total. The first-order valence-corrected chi connectivity index (χ1v) is 10.6. The zero-order chi connectivity index (χ0) is 22.0. The van der Waals surface area contributed by atoms with Crippen molar-refractivity contribution in [1.29, 1.82) is 0 Å². The largest absolute Gasteiger partial charge is 0.451 e. The molecule has 0 atom stereocenters. The van der Waals surface area contributed by atoms with Crippen molar-refractivity contribution in [2.24, 2.45) is 0 Å². The summed E-state index contributed by atoms with van der Waals surface area (Å²) in [5, 5.41) is 3.81. The lowest BCUT2D eigenvalue weighted by molar-refractivity contribution is -0.129. The number of rotatable bonds is 4. The molecule has 0 radical (unpaired) electrons. The molecule has 2 heterocycles. The van der Waals surface area contributed by atoms with Gasteiger partial charge in [-0.3, -0.25) is 9.59 Å². The molecular formula is C23H21Cl2N3O3. The zero-order valence-electron chi connectivity index (χ0n) is 16.9. The minimum absolute atomic E-state index is 0.0804. The Labute approximate surface area is 190 Å². The van der Waals surface area contributed by atoms with Crippen LogP contribution in [0.2, 0.25) is 10.0 Å². The maximum Gasteiger partial charge on any atom is 0.291 e. The third kappa shape index (κ3) is 4.70. The minimum atomic E-state index is -0.346. The molecule has 0 spiro atoms. The van der Waals surface area contributed by atoms with Gasteiger partial charge in [-0.1, -0.05) is 35.3 Å². The molecule has 1 N–H and O–H groups in total. The number of hydrogen-bond acceptors (Lipinski definition) is 4. The molecule has 2 amide bonds. The molecule has 8 heteroatoms. The molecule has 1 aliphatic rings. The molecule has 31 heavy (non-hydrogen) atoms. The quantitative estimate of drug-likeness (QED) is 0.586. The van der Waals surface area contributed by atoms with Gasteiger partial charge < -0.3 is 19.5 Å². The van der Waals surface area contributed by atoms with Gasteiger partial charge in [-0.2, -0.15) is 0 Å². The molecule has 1 saturated heterocycles. The van der Waals surface area contributed by atoms with Crippen molar-refractivity contribution >= 4 is 46.4 Å². The summed E-state index contributed by atoms with van der Waals surface area (Å²) in [6, 6.07) is 16.1. The van der Waals surface area contributed by atoms with Crippen molar-refractivity contribution in [2.45, 2.75) is 6.92 Å². The van der Waals surface area contributed by atoms with Gasteiger partial charge in [0.15, 0.2) is 5.76 Å². The molecule has 0 unspecified atom stereocenters. The van der Waals surface area contributed by atoms with E-state index in [0.29, 0.717) is 47.7 Å². The number of piperazine rings is 1. The summed E-state index contributed by atoms with van der Waals surface area (Å²) in [4.78, 5) is 28.4. The van der Waals surface area contributed by atoms with Crippen molar-refractivity contribution in [3.05, 3.63) is 70.4 Å². The number of furan rings is 1. The number of hydrogen-bond donors (Lipinski definition) is 1. The van der Waals surface area contributed by atoms with Gasteiger partial charge >= 0.3 is 0 Å². The molecule has 1 aromatic heterocycles. The van der Waals surface area contributed by atoms with Gasteiger partial charge in [0.05, 0.1) is 21.4 Å². The van der Waals surface area contributed by atoms with Crippen molar-refractivity contribution in [3.8, 4) is 11.3 Å². The van der Waals surface area contributed by atoms with E-state index in [9.17, 15) is 9.59 Å². The van der Waals surface area contributed by atoms with E-state index in [1.54, 1.807) is 37.3 Å². The average molecular weight is 458 g/mol. The number of anilines is 2. The van der Waals surface area contributed by atoms with Gasteiger partial charge in [0, 0.05) is 38.7 Å². The van der Waals surface area contributed by atoms with E-state index in [4.69, 9.17) is 27.6 Å². The highest BCUT2D eigenvalue weighted by Gasteiger charge is 2.22. The minimum Gasteiger partial charge on any atom is -0.451 e. The summed E-state index contributed by atoms with van der Waals surface area (Å²) in [7, 11) is 0. The second kappa shape index (κ2) is 9.04. The zero-order valence-corrected chi connectivity index (χ0v) is 18.4. The maximum absolute atomic E-state index is 12.8. The van der Waals surface area contributed by atoms with Crippen LogP contribution in [0, 0.1) is 0 Å². The lowest BCUT2D eigenvalue weighted by Gasteiger charge is -2.36. The van der Waals surface area contributed by atoms with E-state index in [0.717, 1.165) is 11.3 Å². The summed E-state index contributed by atoms with van der Waals surface area (Å²) < 4.78 is 5.75. The highest BCUT2D eigenvalue weighted by Crippen LogP contribution is 2.31. The Morgan fingerprint density at radius 1 is 0.935 bits per heavy atom. The van der Waals surface area contributed by atoms with Gasteiger partial charge in [0.1, 0.15) is 5.76 Å². The fourth-order valence-corrected chi connectivity index (χ4v) is 3.86. The predicted octanol–water partition coefficient (Wildman–Crippen LogP) is 5.17. The Morgan fingerprint density at radius 2 is 1.68 bits per heavy atom. The predicted molar refractivity (Wildman–Crippen MR) is 123 cm³/mol. The topological polar surface area (TPSA) is 65.8 Å². The van der Waals surface area contributed by atoms with Crippen LogP contribution in [0.25, 0.3) is 11.3 Å². The third-order valence-electron chi connectivity index (χ3n) is 5.25. The number of halogens is 2. The SMILES string of the molecule is CC(=O)N1CCN(c2ccccc2NC(=O)c2ccc(-c3ccc(Cl)c(Cl)c3)o2)CC1. The molecule has 1 fully saturated rings. The molecule has 0 saturated carbocycles. The van der Waals surface area contributed by atoms with Gasteiger partial charge in [0.2, 0.25) is 5.91 Å². The first-order valence-electron chi connectivity index (χ1n) is 9.88. The van der Waals surface area contributed by atoms with Crippen LogP contribution in [0.15, 0.2) is 59.0 Å². The highest BCUT2D eigenvalue weighted by atomic mass is 35.5. The Morgan fingerprint density at radius 3 is 2.39 bits per heavy atom. The van der Waals surface area contributed by atoms with E-state index in [1.165, 1.54) is 0 Å². The van der Waals surface area contributed by atoms with Crippen molar-refractivity contribution in [2.75, 3.05) is 36.4 Å². The van der Waals surface area contributed by atoms with Crippen molar-refractivity contribution < 1.29 is 14.0 Å². The lowest BCUT2D eigenvalue weighted by Crippen LogP contribution is -2.48. The van der Waals surface area contributed by atoms with Crippen LogP contribution in [-0.4, -0.2) is 42.9 Å². The summed E-state index contributed by atoms with van der Waals surface area (Å²) in [6.45, 7) is 4.30. The molecule has 4 rings (SSSR count). The summed E-state index contributed by atoms with van der Waals surface area (Å²) in [5.41, 5.74) is 2.34. The molecule has 0 bridgehead atoms. The van der Waals surface area contributed by atoms with E-state index in [1.807, 2.05) is 29.2 Å². The van der Waals surface area contributed by atoms with Crippen LogP contribution in [0.5, 0.6) is 0 Å². The molecule has 160 valence electrons. The summed E-state index contributed by atoms with van der Waals surface area (Å²) in [5.74, 6) is 0.451. The molecule has 1 aliphatic heterocycles. The van der Waals surface area contributed by atoms with Crippen LogP contribution in [0.1, 0.15) is 17.5 Å².